The minimum atomic E-state index is -0.104. The molecule has 0 aromatic heterocycles. The third-order valence-electron chi connectivity index (χ3n) is 4.51. The highest BCUT2D eigenvalue weighted by Crippen LogP contribution is 2.39. The zero-order valence-corrected chi connectivity index (χ0v) is 12.5. The van der Waals surface area contributed by atoms with Crippen molar-refractivity contribution in [1.29, 1.82) is 0 Å². The van der Waals surface area contributed by atoms with Crippen molar-refractivity contribution in [1.82, 2.24) is 5.32 Å². The molecule has 2 aromatic rings. The molecule has 0 saturated carbocycles. The predicted molar refractivity (Wildman–Crippen MR) is 85.3 cm³/mol. The summed E-state index contributed by atoms with van der Waals surface area (Å²) in [7, 11) is 1.66. The second-order valence-corrected chi connectivity index (χ2v) is 5.76. The highest BCUT2D eigenvalue weighted by molar-refractivity contribution is 6.03. The maximum absolute atomic E-state index is 12.5. The molecule has 4 nitrogen and oxygen atoms in total. The van der Waals surface area contributed by atoms with Crippen LogP contribution in [0.25, 0.3) is 0 Å². The van der Waals surface area contributed by atoms with Crippen LogP contribution in [0.1, 0.15) is 34.1 Å². The summed E-state index contributed by atoms with van der Waals surface area (Å²) in [5.41, 5.74) is 4.26. The van der Waals surface area contributed by atoms with Crippen molar-refractivity contribution in [3.63, 3.8) is 0 Å². The van der Waals surface area contributed by atoms with Gasteiger partial charge in [0.1, 0.15) is 11.9 Å². The van der Waals surface area contributed by atoms with E-state index in [1.807, 2.05) is 36.4 Å². The van der Waals surface area contributed by atoms with Gasteiger partial charge < -0.3 is 15.0 Å². The van der Waals surface area contributed by atoms with E-state index in [1.54, 1.807) is 7.11 Å². The van der Waals surface area contributed by atoms with Gasteiger partial charge in [0.2, 0.25) is 0 Å². The topological polar surface area (TPSA) is 41.6 Å². The number of aryl methyl sites for hydroxylation is 1. The molecule has 22 heavy (non-hydrogen) atoms. The number of hydrogen-bond donors (Lipinski definition) is 1. The molecule has 0 radical (unpaired) electrons. The number of nitrogens with one attached hydrogen (secondary N) is 1. The molecule has 4 heteroatoms. The summed E-state index contributed by atoms with van der Waals surface area (Å²) < 4.78 is 5.22. The van der Waals surface area contributed by atoms with Gasteiger partial charge >= 0.3 is 0 Å². The molecule has 2 aliphatic rings. The quantitative estimate of drug-likeness (QED) is 0.926. The minimum Gasteiger partial charge on any atom is -0.497 e. The van der Waals surface area contributed by atoms with Crippen LogP contribution in [0.3, 0.4) is 0 Å². The number of hydrogen-bond acceptors (Lipinski definition) is 3. The number of rotatable bonds is 2. The van der Waals surface area contributed by atoms with Gasteiger partial charge in [0.05, 0.1) is 18.4 Å². The summed E-state index contributed by atoms with van der Waals surface area (Å²) >= 11 is 0. The standard InChI is InChI=1S/C18H18N2O2/c1-22-14-9-7-13(8-10-14)17-19-18(21)15-6-2-4-12-5-3-11-20(17)16(12)15/h2,4,6-10,17H,3,5,11H2,1H3,(H,19,21). The molecule has 0 saturated heterocycles. The van der Waals surface area contributed by atoms with Gasteiger partial charge in [-0.15, -0.1) is 0 Å². The molecule has 1 N–H and O–H groups in total. The monoisotopic (exact) mass is 294 g/mol. The Hall–Kier alpha value is -2.49. The van der Waals surface area contributed by atoms with Crippen molar-refractivity contribution in [2.45, 2.75) is 19.0 Å². The summed E-state index contributed by atoms with van der Waals surface area (Å²) in [4.78, 5) is 14.8. The predicted octanol–water partition coefficient (Wildman–Crippen LogP) is 2.89. The number of anilines is 1. The maximum Gasteiger partial charge on any atom is 0.255 e. The van der Waals surface area contributed by atoms with E-state index in [2.05, 4.69) is 16.3 Å². The Morgan fingerprint density at radius 2 is 2.00 bits per heavy atom. The summed E-state index contributed by atoms with van der Waals surface area (Å²) in [6.45, 7) is 0.959. The summed E-state index contributed by atoms with van der Waals surface area (Å²) in [5.74, 6) is 0.835. The molecule has 112 valence electrons. The molecule has 0 bridgehead atoms. The molecule has 2 aliphatic heterocycles. The molecule has 0 aliphatic carbocycles. The number of carbonyl (C=O) groups is 1. The van der Waals surface area contributed by atoms with Gasteiger partial charge in [-0.25, -0.2) is 0 Å². The second-order valence-electron chi connectivity index (χ2n) is 5.76. The van der Waals surface area contributed by atoms with Crippen molar-refractivity contribution >= 4 is 11.6 Å². The number of amides is 1. The molecule has 0 fully saturated rings. The van der Waals surface area contributed by atoms with E-state index in [0.29, 0.717) is 0 Å². The van der Waals surface area contributed by atoms with Crippen LogP contribution >= 0.6 is 0 Å². The van der Waals surface area contributed by atoms with Crippen molar-refractivity contribution in [3.05, 3.63) is 59.2 Å². The lowest BCUT2D eigenvalue weighted by Gasteiger charge is -2.42. The highest BCUT2D eigenvalue weighted by atomic mass is 16.5. The fourth-order valence-electron chi connectivity index (χ4n) is 3.45. The summed E-state index contributed by atoms with van der Waals surface area (Å²) in [5, 5.41) is 3.13. The molecule has 1 atom stereocenters. The van der Waals surface area contributed by atoms with Gasteiger partial charge in [-0.2, -0.15) is 0 Å². The number of benzene rings is 2. The van der Waals surface area contributed by atoms with Crippen molar-refractivity contribution in [3.8, 4) is 5.75 Å². The molecule has 2 heterocycles. The Bertz CT molecular complexity index is 724. The first-order valence-corrected chi connectivity index (χ1v) is 7.61. The fourth-order valence-corrected chi connectivity index (χ4v) is 3.45. The van der Waals surface area contributed by atoms with E-state index in [4.69, 9.17) is 4.74 Å². The molecular weight excluding hydrogens is 276 g/mol. The lowest BCUT2D eigenvalue weighted by molar-refractivity contribution is 0.0925. The van der Waals surface area contributed by atoms with E-state index < -0.39 is 0 Å². The number of carbonyl (C=O) groups excluding carboxylic acids is 1. The van der Waals surface area contributed by atoms with Crippen LogP contribution in [0.2, 0.25) is 0 Å². The maximum atomic E-state index is 12.5. The number of nitrogens with zero attached hydrogens (tertiary/aromatic N) is 1. The third kappa shape index (κ3) is 1.95. The Morgan fingerprint density at radius 1 is 1.18 bits per heavy atom. The first kappa shape index (κ1) is 13.2. The second kappa shape index (κ2) is 5.05. The number of para-hydroxylation sites is 1. The summed E-state index contributed by atoms with van der Waals surface area (Å²) in [6, 6.07) is 13.9. The van der Waals surface area contributed by atoms with E-state index in [1.165, 1.54) is 5.56 Å². The molecule has 2 aromatic carbocycles. The Morgan fingerprint density at radius 3 is 2.77 bits per heavy atom. The van der Waals surface area contributed by atoms with Crippen molar-refractivity contribution in [2.75, 3.05) is 18.6 Å². The lowest BCUT2D eigenvalue weighted by atomic mass is 9.93. The average Bonchev–Trinajstić information content (AvgIpc) is 2.58. The number of methoxy groups -OCH3 is 1. The largest absolute Gasteiger partial charge is 0.497 e. The molecular formula is C18H18N2O2. The van der Waals surface area contributed by atoms with Crippen LogP contribution in [0.5, 0.6) is 5.75 Å². The van der Waals surface area contributed by atoms with Gasteiger partial charge in [0.15, 0.2) is 0 Å². The Balaban J connectivity index is 1.79. The van der Waals surface area contributed by atoms with Gasteiger partial charge in [-0.1, -0.05) is 24.3 Å². The van der Waals surface area contributed by atoms with E-state index >= 15 is 0 Å². The van der Waals surface area contributed by atoms with Crippen LogP contribution in [-0.4, -0.2) is 19.6 Å². The smallest absolute Gasteiger partial charge is 0.255 e. The highest BCUT2D eigenvalue weighted by Gasteiger charge is 2.34. The van der Waals surface area contributed by atoms with Gasteiger partial charge in [-0.05, 0) is 42.2 Å². The van der Waals surface area contributed by atoms with Crippen LogP contribution in [0.15, 0.2) is 42.5 Å². The summed E-state index contributed by atoms with van der Waals surface area (Å²) in [6.07, 6.45) is 2.05. The van der Waals surface area contributed by atoms with Gasteiger partial charge in [0, 0.05) is 6.54 Å². The zero-order valence-electron chi connectivity index (χ0n) is 12.5. The van der Waals surface area contributed by atoms with E-state index in [9.17, 15) is 4.79 Å². The first-order chi connectivity index (χ1) is 10.8. The van der Waals surface area contributed by atoms with Crippen LogP contribution < -0.4 is 15.0 Å². The average molecular weight is 294 g/mol. The normalized spacial score (nSPS) is 19.4. The van der Waals surface area contributed by atoms with Crippen molar-refractivity contribution < 1.29 is 9.53 Å². The Kier molecular flexibility index (Phi) is 3.03. The first-order valence-electron chi connectivity index (χ1n) is 7.61. The van der Waals surface area contributed by atoms with Crippen LogP contribution in [0, 0.1) is 0 Å². The minimum absolute atomic E-state index is 0.0100. The molecule has 4 rings (SSSR count). The molecule has 1 unspecified atom stereocenters. The molecule has 0 spiro atoms. The van der Waals surface area contributed by atoms with Gasteiger partial charge in [0.25, 0.3) is 5.91 Å². The number of ether oxygens (including phenoxy) is 1. The van der Waals surface area contributed by atoms with Crippen molar-refractivity contribution in [2.24, 2.45) is 0 Å². The molecule has 1 amide bonds. The SMILES string of the molecule is COc1ccc(C2NC(=O)c3cccc4c3N2CCC4)cc1. The lowest BCUT2D eigenvalue weighted by Crippen LogP contribution is -2.48. The fraction of sp³-hybridized carbons (Fsp3) is 0.278. The zero-order chi connectivity index (χ0) is 15.1. The van der Waals surface area contributed by atoms with E-state index in [-0.39, 0.29) is 12.1 Å². The Labute approximate surface area is 129 Å². The van der Waals surface area contributed by atoms with E-state index in [0.717, 1.165) is 42.0 Å². The third-order valence-corrected chi connectivity index (χ3v) is 4.51. The van der Waals surface area contributed by atoms with Crippen LogP contribution in [0.4, 0.5) is 5.69 Å². The van der Waals surface area contributed by atoms with Gasteiger partial charge in [-0.3, -0.25) is 4.79 Å². The van der Waals surface area contributed by atoms with Crippen LogP contribution in [-0.2, 0) is 6.42 Å².